The average molecular weight is 564 g/mol. The number of aryl methyl sites for hydroxylation is 1. The third-order valence-electron chi connectivity index (χ3n) is 6.22. The second-order valence-corrected chi connectivity index (χ2v) is 10.8. The van der Waals surface area contributed by atoms with Crippen molar-refractivity contribution in [3.63, 3.8) is 0 Å². The van der Waals surface area contributed by atoms with Gasteiger partial charge in [-0.15, -0.1) is 13.2 Å². The molecule has 1 saturated heterocycles. The lowest BCUT2D eigenvalue weighted by molar-refractivity contribution is -0.274. The second kappa shape index (κ2) is 12.0. The minimum atomic E-state index is -4.91. The molecule has 0 aliphatic carbocycles. The Balaban J connectivity index is 1.55. The summed E-state index contributed by atoms with van der Waals surface area (Å²) in [6, 6.07) is 12.3. The standard InChI is InChI=1S/C26H28F3N5O4S/c1-2-3-19-4-6-20(7-5-19)16-31-25(35)23-17-33(24-12-13-30-18-32-24)14-15-34(23)39(36,37)22-10-8-21(9-11-22)38-26(27,28)29/h4-13,18,23H,2-3,14-17H2,1H3,(H,31,35)/t23-/m1/s1. The lowest BCUT2D eigenvalue weighted by Crippen LogP contribution is -2.60. The van der Waals surface area contributed by atoms with Gasteiger partial charge in [-0.1, -0.05) is 37.6 Å². The molecule has 13 heteroatoms. The number of hydrogen-bond donors (Lipinski definition) is 1. The van der Waals surface area contributed by atoms with Gasteiger partial charge in [0.05, 0.1) is 4.90 Å². The summed E-state index contributed by atoms with van der Waals surface area (Å²) in [4.78, 5) is 23.0. The number of aromatic nitrogens is 2. The van der Waals surface area contributed by atoms with E-state index in [0.29, 0.717) is 5.82 Å². The maximum Gasteiger partial charge on any atom is 0.573 e. The molecule has 1 fully saturated rings. The number of carbonyl (C=O) groups excluding carboxylic acids is 1. The van der Waals surface area contributed by atoms with Crippen molar-refractivity contribution >= 4 is 21.7 Å². The van der Waals surface area contributed by atoms with E-state index in [-0.39, 0.29) is 31.1 Å². The molecule has 0 saturated carbocycles. The molecule has 9 nitrogen and oxygen atoms in total. The Hall–Kier alpha value is -3.71. The van der Waals surface area contributed by atoms with Crippen molar-refractivity contribution in [2.24, 2.45) is 0 Å². The van der Waals surface area contributed by atoms with Gasteiger partial charge in [0.2, 0.25) is 15.9 Å². The average Bonchev–Trinajstić information content (AvgIpc) is 2.92. The third kappa shape index (κ3) is 7.24. The van der Waals surface area contributed by atoms with Gasteiger partial charge < -0.3 is 15.0 Å². The van der Waals surface area contributed by atoms with E-state index in [0.717, 1.165) is 47.0 Å². The molecule has 1 amide bonds. The number of nitrogens with one attached hydrogen (secondary N) is 1. The molecule has 1 N–H and O–H groups in total. The molecule has 1 aromatic heterocycles. The van der Waals surface area contributed by atoms with Gasteiger partial charge in [-0.3, -0.25) is 4.79 Å². The van der Waals surface area contributed by atoms with Gasteiger partial charge in [0.15, 0.2) is 0 Å². The maximum atomic E-state index is 13.6. The van der Waals surface area contributed by atoms with Crippen LogP contribution in [0.5, 0.6) is 5.75 Å². The van der Waals surface area contributed by atoms with Crippen LogP contribution in [-0.4, -0.2) is 60.6 Å². The molecule has 1 aliphatic heterocycles. The molecular weight excluding hydrogens is 535 g/mol. The van der Waals surface area contributed by atoms with Crippen molar-refractivity contribution in [1.29, 1.82) is 0 Å². The molecule has 1 aliphatic rings. The van der Waals surface area contributed by atoms with E-state index < -0.39 is 34.1 Å². The van der Waals surface area contributed by atoms with Gasteiger partial charge in [-0.2, -0.15) is 4.31 Å². The Morgan fingerprint density at radius 2 is 1.74 bits per heavy atom. The largest absolute Gasteiger partial charge is 0.573 e. The number of halogens is 3. The smallest absolute Gasteiger partial charge is 0.406 e. The molecule has 39 heavy (non-hydrogen) atoms. The van der Waals surface area contributed by atoms with Gasteiger partial charge in [0.25, 0.3) is 0 Å². The predicted octanol–water partition coefficient (Wildman–Crippen LogP) is 3.52. The van der Waals surface area contributed by atoms with Crippen LogP contribution in [0.4, 0.5) is 19.0 Å². The normalized spacial score (nSPS) is 16.6. The molecule has 0 bridgehead atoms. The number of ether oxygens (including phenoxy) is 1. The molecule has 0 unspecified atom stereocenters. The number of nitrogens with zero attached hydrogens (tertiary/aromatic N) is 4. The maximum absolute atomic E-state index is 13.6. The van der Waals surface area contributed by atoms with E-state index >= 15 is 0 Å². The number of amides is 1. The zero-order valence-electron chi connectivity index (χ0n) is 21.1. The van der Waals surface area contributed by atoms with Crippen LogP contribution in [0.15, 0.2) is 72.0 Å². The molecular formula is C26H28F3N5O4S. The zero-order valence-corrected chi connectivity index (χ0v) is 22.0. The minimum Gasteiger partial charge on any atom is -0.406 e. The molecule has 208 valence electrons. The monoisotopic (exact) mass is 563 g/mol. The van der Waals surface area contributed by atoms with E-state index in [1.54, 1.807) is 17.2 Å². The number of carbonyl (C=O) groups is 1. The summed E-state index contributed by atoms with van der Waals surface area (Å²) in [5.74, 6) is -0.513. The summed E-state index contributed by atoms with van der Waals surface area (Å²) in [5.41, 5.74) is 2.05. The summed E-state index contributed by atoms with van der Waals surface area (Å²) in [6.45, 7) is 2.51. The van der Waals surface area contributed by atoms with E-state index in [4.69, 9.17) is 0 Å². The lowest BCUT2D eigenvalue weighted by atomic mass is 10.1. The highest BCUT2D eigenvalue weighted by molar-refractivity contribution is 7.89. The van der Waals surface area contributed by atoms with Crippen molar-refractivity contribution in [1.82, 2.24) is 19.6 Å². The minimum absolute atomic E-state index is 0.0206. The van der Waals surface area contributed by atoms with Gasteiger partial charge in [0.1, 0.15) is 23.9 Å². The number of anilines is 1. The quantitative estimate of drug-likeness (QED) is 0.425. The highest BCUT2D eigenvalue weighted by atomic mass is 32.2. The van der Waals surface area contributed by atoms with E-state index in [1.165, 1.54) is 11.9 Å². The molecule has 1 atom stereocenters. The predicted molar refractivity (Wildman–Crippen MR) is 137 cm³/mol. The molecule has 2 aromatic carbocycles. The number of benzene rings is 2. The highest BCUT2D eigenvalue weighted by Crippen LogP contribution is 2.27. The molecule has 2 heterocycles. The SMILES string of the molecule is CCCc1ccc(CNC(=O)[C@H]2CN(c3ccncn3)CCN2S(=O)(=O)c2ccc(OC(F)(F)F)cc2)cc1. The summed E-state index contributed by atoms with van der Waals surface area (Å²) in [5, 5.41) is 2.83. The van der Waals surface area contributed by atoms with Gasteiger partial charge in [0, 0.05) is 32.4 Å². The van der Waals surface area contributed by atoms with Crippen LogP contribution >= 0.6 is 0 Å². The van der Waals surface area contributed by atoms with Crippen molar-refractivity contribution in [2.75, 3.05) is 24.5 Å². The van der Waals surface area contributed by atoms with Crippen LogP contribution in [0, 0.1) is 0 Å². The first kappa shape index (κ1) is 28.3. The Bertz CT molecular complexity index is 1360. The number of piperazine rings is 1. The first-order valence-corrected chi connectivity index (χ1v) is 13.7. The van der Waals surface area contributed by atoms with Gasteiger partial charge in [-0.05, 0) is 47.9 Å². The fourth-order valence-electron chi connectivity index (χ4n) is 4.31. The van der Waals surface area contributed by atoms with Crippen LogP contribution in [0.25, 0.3) is 0 Å². The first-order chi connectivity index (χ1) is 18.6. The fourth-order valence-corrected chi connectivity index (χ4v) is 5.88. The highest BCUT2D eigenvalue weighted by Gasteiger charge is 2.40. The number of sulfonamides is 1. The number of alkyl halides is 3. The van der Waals surface area contributed by atoms with Crippen LogP contribution in [0.1, 0.15) is 24.5 Å². The Kier molecular flexibility index (Phi) is 8.70. The molecule has 3 aromatic rings. The Morgan fingerprint density at radius 3 is 2.36 bits per heavy atom. The van der Waals surface area contributed by atoms with Crippen LogP contribution in [0.3, 0.4) is 0 Å². The van der Waals surface area contributed by atoms with Crippen LogP contribution in [0.2, 0.25) is 0 Å². The summed E-state index contributed by atoms with van der Waals surface area (Å²) >= 11 is 0. The van der Waals surface area contributed by atoms with Gasteiger partial charge >= 0.3 is 6.36 Å². The third-order valence-corrected chi connectivity index (χ3v) is 8.14. The number of hydrogen-bond acceptors (Lipinski definition) is 7. The fraction of sp³-hybridized carbons (Fsp3) is 0.346. The van der Waals surface area contributed by atoms with Gasteiger partial charge in [-0.25, -0.2) is 18.4 Å². The van der Waals surface area contributed by atoms with Crippen LogP contribution in [-0.2, 0) is 27.8 Å². The summed E-state index contributed by atoms with van der Waals surface area (Å²) < 4.78 is 69.6. The van der Waals surface area contributed by atoms with Crippen molar-refractivity contribution in [2.45, 2.75) is 43.6 Å². The Morgan fingerprint density at radius 1 is 1.05 bits per heavy atom. The molecule has 4 rings (SSSR count). The zero-order chi connectivity index (χ0) is 28.0. The summed E-state index contributed by atoms with van der Waals surface area (Å²) in [6.07, 6.45) is -0.0302. The van der Waals surface area contributed by atoms with E-state index in [9.17, 15) is 26.4 Å². The summed E-state index contributed by atoms with van der Waals surface area (Å²) in [7, 11) is -4.24. The van der Waals surface area contributed by atoms with Crippen molar-refractivity contribution < 1.29 is 31.1 Å². The van der Waals surface area contributed by atoms with Crippen molar-refractivity contribution in [3.05, 3.63) is 78.2 Å². The number of rotatable bonds is 9. The van der Waals surface area contributed by atoms with Crippen LogP contribution < -0.4 is 15.0 Å². The Labute approximate surface area is 224 Å². The van der Waals surface area contributed by atoms with E-state index in [1.807, 2.05) is 24.3 Å². The van der Waals surface area contributed by atoms with Crippen molar-refractivity contribution in [3.8, 4) is 5.75 Å². The molecule has 0 radical (unpaired) electrons. The van der Waals surface area contributed by atoms with E-state index in [2.05, 4.69) is 26.9 Å². The second-order valence-electron chi connectivity index (χ2n) is 8.95. The lowest BCUT2D eigenvalue weighted by Gasteiger charge is -2.40. The molecule has 0 spiro atoms. The first-order valence-electron chi connectivity index (χ1n) is 12.3. The topological polar surface area (TPSA) is 105 Å².